The van der Waals surface area contributed by atoms with Crippen LogP contribution >= 0.6 is 7.60 Å². The zero-order valence-electron chi connectivity index (χ0n) is 15.5. The van der Waals surface area contributed by atoms with Crippen LogP contribution in [0.1, 0.15) is 60.8 Å². The molecule has 2 N–H and O–H groups in total. The Morgan fingerprint density at radius 3 is 1.88 bits per heavy atom. The molecule has 2 unspecified atom stereocenters. The zero-order valence-corrected chi connectivity index (χ0v) is 16.4. The first-order valence-corrected chi connectivity index (χ1v) is 9.94. The van der Waals surface area contributed by atoms with E-state index < -0.39 is 36.0 Å². The molecule has 0 aliphatic heterocycles. The number of carbonyl (C=O) groups is 2. The van der Waals surface area contributed by atoms with Crippen LogP contribution in [-0.2, 0) is 23.6 Å². The molecule has 0 amide bonds. The molecule has 0 fully saturated rings. The van der Waals surface area contributed by atoms with E-state index in [1.165, 1.54) is 0 Å². The quantitative estimate of drug-likeness (QED) is 0.452. The van der Waals surface area contributed by atoms with Crippen LogP contribution < -0.4 is 0 Å². The average molecular weight is 366 g/mol. The Labute approximate surface area is 144 Å². The molecule has 142 valence electrons. The third-order valence-electron chi connectivity index (χ3n) is 4.52. The van der Waals surface area contributed by atoms with Crippen molar-refractivity contribution in [2.75, 3.05) is 13.2 Å². The summed E-state index contributed by atoms with van der Waals surface area (Å²) in [5.74, 6) is -2.12. The molecule has 0 saturated heterocycles. The van der Waals surface area contributed by atoms with Crippen molar-refractivity contribution in [2.24, 2.45) is 11.3 Å². The van der Waals surface area contributed by atoms with Gasteiger partial charge in [0.2, 0.25) is 0 Å². The molecule has 2 atom stereocenters. The topological polar surface area (TPSA) is 110 Å². The van der Waals surface area contributed by atoms with Crippen LogP contribution in [0.25, 0.3) is 0 Å². The van der Waals surface area contributed by atoms with Crippen molar-refractivity contribution in [3.05, 3.63) is 0 Å². The summed E-state index contributed by atoms with van der Waals surface area (Å²) in [6, 6.07) is 0. The highest BCUT2D eigenvalue weighted by Gasteiger charge is 2.61. The summed E-state index contributed by atoms with van der Waals surface area (Å²) in [6.07, 6.45) is 0.186. The van der Waals surface area contributed by atoms with Gasteiger partial charge in [-0.05, 0) is 31.6 Å². The molecule has 0 saturated carbocycles. The molecule has 0 aromatic carbocycles. The second kappa shape index (κ2) is 8.97. The molecular formula is C16H31O7P. The molecule has 0 aromatic rings. The van der Waals surface area contributed by atoms with E-state index in [1.807, 2.05) is 0 Å². The van der Waals surface area contributed by atoms with Gasteiger partial charge in [0.1, 0.15) is 0 Å². The van der Waals surface area contributed by atoms with Crippen LogP contribution in [0, 0.1) is 11.3 Å². The average Bonchev–Trinajstić information content (AvgIpc) is 2.42. The minimum atomic E-state index is -4.85. The number of hydrogen-bond acceptors (Lipinski definition) is 5. The summed E-state index contributed by atoms with van der Waals surface area (Å²) in [7, 11) is -4.85. The van der Waals surface area contributed by atoms with Crippen LogP contribution in [0.4, 0.5) is 0 Å². The highest BCUT2D eigenvalue weighted by molar-refractivity contribution is 7.54. The van der Waals surface area contributed by atoms with Crippen LogP contribution in [0.3, 0.4) is 0 Å². The summed E-state index contributed by atoms with van der Waals surface area (Å²) in [5, 5.41) is -1.98. The van der Waals surface area contributed by atoms with Crippen molar-refractivity contribution in [3.63, 3.8) is 0 Å². The van der Waals surface area contributed by atoms with Crippen molar-refractivity contribution in [2.45, 2.75) is 66.0 Å². The molecule has 0 radical (unpaired) electrons. The Morgan fingerprint density at radius 2 is 1.54 bits per heavy atom. The first kappa shape index (κ1) is 23.1. The van der Waals surface area contributed by atoms with E-state index in [-0.39, 0.29) is 26.1 Å². The summed E-state index contributed by atoms with van der Waals surface area (Å²) >= 11 is 0. The predicted octanol–water partition coefficient (Wildman–Crippen LogP) is 2.88. The van der Waals surface area contributed by atoms with Crippen molar-refractivity contribution < 1.29 is 33.4 Å². The Hall–Kier alpha value is -0.910. The van der Waals surface area contributed by atoms with E-state index in [2.05, 4.69) is 0 Å². The fraction of sp³-hybridized carbons (Fsp3) is 0.875. The van der Waals surface area contributed by atoms with Gasteiger partial charge < -0.3 is 19.3 Å². The zero-order chi connectivity index (χ0) is 19.2. The van der Waals surface area contributed by atoms with Crippen molar-refractivity contribution in [1.29, 1.82) is 0 Å². The Kier molecular flexibility index (Phi) is 8.63. The Balaban J connectivity index is 6.08. The summed E-state index contributed by atoms with van der Waals surface area (Å²) in [6.45, 7) is 10.3. The van der Waals surface area contributed by atoms with Crippen LogP contribution in [0.5, 0.6) is 0 Å². The van der Waals surface area contributed by atoms with Gasteiger partial charge in [0, 0.05) is 0 Å². The summed E-state index contributed by atoms with van der Waals surface area (Å²) in [4.78, 5) is 44.5. The molecule has 0 spiro atoms. The van der Waals surface area contributed by atoms with Gasteiger partial charge in [-0.25, -0.2) is 0 Å². The highest BCUT2D eigenvalue weighted by Crippen LogP contribution is 2.62. The number of ether oxygens (including phenoxy) is 2. The van der Waals surface area contributed by atoms with E-state index in [0.717, 1.165) is 0 Å². The Bertz CT molecular complexity index is 483. The number of esters is 2. The van der Waals surface area contributed by atoms with Gasteiger partial charge in [-0.1, -0.05) is 34.1 Å². The molecule has 0 aliphatic carbocycles. The SMILES string of the molecule is CCOC(=O)CC(C)(C)C(CC)C(CC)(C(=O)OCC)P(=O)(O)O. The monoisotopic (exact) mass is 366 g/mol. The van der Waals surface area contributed by atoms with E-state index in [9.17, 15) is 23.9 Å². The van der Waals surface area contributed by atoms with Gasteiger partial charge >= 0.3 is 19.5 Å². The van der Waals surface area contributed by atoms with Gasteiger partial charge in [0.05, 0.1) is 19.6 Å². The van der Waals surface area contributed by atoms with Crippen molar-refractivity contribution >= 4 is 19.5 Å². The van der Waals surface area contributed by atoms with Gasteiger partial charge in [-0.2, -0.15) is 0 Å². The van der Waals surface area contributed by atoms with Crippen molar-refractivity contribution in [1.82, 2.24) is 0 Å². The maximum absolute atomic E-state index is 12.6. The lowest BCUT2D eigenvalue weighted by atomic mass is 9.67. The molecule has 0 rings (SSSR count). The molecule has 24 heavy (non-hydrogen) atoms. The fourth-order valence-electron chi connectivity index (χ4n) is 3.56. The number of hydrogen-bond donors (Lipinski definition) is 2. The van der Waals surface area contributed by atoms with E-state index in [4.69, 9.17) is 9.47 Å². The largest absolute Gasteiger partial charge is 0.466 e. The second-order valence-corrected chi connectivity index (χ2v) is 8.36. The minimum Gasteiger partial charge on any atom is -0.466 e. The van der Waals surface area contributed by atoms with Gasteiger partial charge in [-0.15, -0.1) is 0 Å². The third kappa shape index (κ3) is 4.80. The lowest BCUT2D eigenvalue weighted by Gasteiger charge is -2.45. The van der Waals surface area contributed by atoms with E-state index >= 15 is 0 Å². The summed E-state index contributed by atoms with van der Waals surface area (Å²) < 4.78 is 22.3. The minimum absolute atomic E-state index is 0.0231. The van der Waals surface area contributed by atoms with Crippen LogP contribution in [0.15, 0.2) is 0 Å². The lowest BCUT2D eigenvalue weighted by Crippen LogP contribution is -2.52. The standard InChI is InChI=1S/C16H31O7P/c1-7-12(15(5,6)11-13(17)22-9-3)16(8-2,24(19,20)21)14(18)23-10-4/h12H,7-11H2,1-6H3,(H2,19,20,21). The molecule has 0 heterocycles. The van der Waals surface area contributed by atoms with Gasteiger partial charge in [0.15, 0.2) is 5.16 Å². The number of carbonyl (C=O) groups excluding carboxylic acids is 2. The normalized spacial score (nSPS) is 16.2. The third-order valence-corrected chi connectivity index (χ3v) is 6.37. The van der Waals surface area contributed by atoms with E-state index in [1.54, 1.807) is 41.5 Å². The fourth-order valence-corrected chi connectivity index (χ4v) is 5.21. The smallest absolute Gasteiger partial charge is 0.343 e. The lowest BCUT2D eigenvalue weighted by molar-refractivity contribution is -0.154. The molecule has 0 bridgehead atoms. The van der Waals surface area contributed by atoms with Gasteiger partial charge in [-0.3, -0.25) is 14.2 Å². The molecule has 0 aliphatic rings. The first-order valence-electron chi connectivity index (χ1n) is 8.32. The highest BCUT2D eigenvalue weighted by atomic mass is 31.2. The molecule has 0 aromatic heterocycles. The summed E-state index contributed by atoms with van der Waals surface area (Å²) in [5.41, 5.74) is -0.856. The second-order valence-electron chi connectivity index (χ2n) is 6.47. The van der Waals surface area contributed by atoms with Crippen LogP contribution in [-0.4, -0.2) is 40.1 Å². The Morgan fingerprint density at radius 1 is 1.04 bits per heavy atom. The first-order chi connectivity index (χ1) is 10.9. The maximum Gasteiger partial charge on any atom is 0.343 e. The van der Waals surface area contributed by atoms with Crippen molar-refractivity contribution in [3.8, 4) is 0 Å². The van der Waals surface area contributed by atoms with Gasteiger partial charge in [0.25, 0.3) is 0 Å². The van der Waals surface area contributed by atoms with Crippen LogP contribution in [0.2, 0.25) is 0 Å². The maximum atomic E-state index is 12.6. The van der Waals surface area contributed by atoms with E-state index in [0.29, 0.717) is 6.42 Å². The number of rotatable bonds is 10. The molecular weight excluding hydrogens is 335 g/mol. The predicted molar refractivity (Wildman–Crippen MR) is 90.5 cm³/mol. The molecule has 7 nitrogen and oxygen atoms in total. The molecule has 8 heteroatoms.